The minimum atomic E-state index is -0.111. The standard InChI is InChI=1S/C15H23NO2/c1-15(2,3)14(16)10-12(17)9-11-7-5-6-8-13(11)18-4/h5-8,14H,9-10,16H2,1-4H3. The van der Waals surface area contributed by atoms with E-state index in [0.29, 0.717) is 12.8 Å². The molecule has 3 heteroatoms. The van der Waals surface area contributed by atoms with E-state index in [1.54, 1.807) is 7.11 Å². The summed E-state index contributed by atoms with van der Waals surface area (Å²) in [5.74, 6) is 0.914. The molecule has 1 aromatic carbocycles. The third kappa shape index (κ3) is 4.15. The van der Waals surface area contributed by atoms with E-state index in [1.165, 1.54) is 0 Å². The SMILES string of the molecule is COc1ccccc1CC(=O)CC(N)C(C)(C)C. The van der Waals surface area contributed by atoms with Crippen LogP contribution in [0.25, 0.3) is 0 Å². The van der Waals surface area contributed by atoms with Gasteiger partial charge >= 0.3 is 0 Å². The number of methoxy groups -OCH3 is 1. The van der Waals surface area contributed by atoms with E-state index in [4.69, 9.17) is 10.5 Å². The average Bonchev–Trinajstić information content (AvgIpc) is 2.28. The van der Waals surface area contributed by atoms with Crippen LogP contribution in [-0.2, 0) is 11.2 Å². The quantitative estimate of drug-likeness (QED) is 0.872. The lowest BCUT2D eigenvalue weighted by Gasteiger charge is -2.26. The highest BCUT2D eigenvalue weighted by Gasteiger charge is 2.23. The fourth-order valence-corrected chi connectivity index (χ4v) is 1.69. The highest BCUT2D eigenvalue weighted by Crippen LogP contribution is 2.22. The third-order valence-corrected chi connectivity index (χ3v) is 3.14. The second kappa shape index (κ2) is 6.01. The maximum absolute atomic E-state index is 12.0. The Hall–Kier alpha value is -1.35. The topological polar surface area (TPSA) is 52.3 Å². The van der Waals surface area contributed by atoms with Crippen LogP contribution in [0.1, 0.15) is 32.8 Å². The van der Waals surface area contributed by atoms with Gasteiger partial charge in [-0.15, -0.1) is 0 Å². The maximum Gasteiger partial charge on any atom is 0.138 e. The Morgan fingerprint density at radius 1 is 1.33 bits per heavy atom. The predicted octanol–water partition coefficient (Wildman–Crippen LogP) is 2.57. The highest BCUT2D eigenvalue weighted by molar-refractivity contribution is 5.82. The molecule has 0 heterocycles. The summed E-state index contributed by atoms with van der Waals surface area (Å²) in [5, 5.41) is 0. The van der Waals surface area contributed by atoms with E-state index in [2.05, 4.69) is 0 Å². The molecular weight excluding hydrogens is 226 g/mol. The Bertz CT molecular complexity index is 407. The highest BCUT2D eigenvalue weighted by atomic mass is 16.5. The first-order valence-electron chi connectivity index (χ1n) is 6.23. The van der Waals surface area contributed by atoms with Crippen LogP contribution in [0, 0.1) is 5.41 Å². The van der Waals surface area contributed by atoms with Crippen molar-refractivity contribution in [2.24, 2.45) is 11.1 Å². The van der Waals surface area contributed by atoms with Gasteiger partial charge in [-0.2, -0.15) is 0 Å². The molecule has 0 saturated carbocycles. The summed E-state index contributed by atoms with van der Waals surface area (Å²) in [4.78, 5) is 12.0. The molecule has 1 atom stereocenters. The van der Waals surface area contributed by atoms with E-state index in [0.717, 1.165) is 11.3 Å². The summed E-state index contributed by atoms with van der Waals surface area (Å²) in [6.07, 6.45) is 0.787. The lowest BCUT2D eigenvalue weighted by molar-refractivity contribution is -0.119. The summed E-state index contributed by atoms with van der Waals surface area (Å²) < 4.78 is 5.23. The normalized spacial score (nSPS) is 13.2. The predicted molar refractivity (Wildman–Crippen MR) is 73.8 cm³/mol. The van der Waals surface area contributed by atoms with Gasteiger partial charge in [0.05, 0.1) is 7.11 Å². The molecule has 0 aliphatic rings. The second-order valence-corrected chi connectivity index (χ2v) is 5.70. The van der Waals surface area contributed by atoms with Gasteiger partial charge in [0.15, 0.2) is 0 Å². The van der Waals surface area contributed by atoms with Crippen LogP contribution >= 0.6 is 0 Å². The van der Waals surface area contributed by atoms with Crippen molar-refractivity contribution in [2.75, 3.05) is 7.11 Å². The fraction of sp³-hybridized carbons (Fsp3) is 0.533. The minimum Gasteiger partial charge on any atom is -0.496 e. The van der Waals surface area contributed by atoms with Crippen LogP contribution in [0.15, 0.2) is 24.3 Å². The lowest BCUT2D eigenvalue weighted by atomic mass is 9.84. The van der Waals surface area contributed by atoms with Crippen LogP contribution in [0.3, 0.4) is 0 Å². The number of carbonyl (C=O) groups is 1. The molecule has 1 rings (SSSR count). The second-order valence-electron chi connectivity index (χ2n) is 5.70. The van der Waals surface area contributed by atoms with E-state index < -0.39 is 0 Å². The molecule has 3 nitrogen and oxygen atoms in total. The first-order valence-corrected chi connectivity index (χ1v) is 6.23. The zero-order valence-corrected chi connectivity index (χ0v) is 11.7. The number of rotatable bonds is 5. The van der Waals surface area contributed by atoms with Crippen LogP contribution in [0.2, 0.25) is 0 Å². The van der Waals surface area contributed by atoms with Gasteiger partial charge in [-0.3, -0.25) is 4.79 Å². The minimum absolute atomic E-state index is 0.0452. The molecule has 0 saturated heterocycles. The number of carbonyl (C=O) groups excluding carboxylic acids is 1. The van der Waals surface area contributed by atoms with Crippen molar-refractivity contribution in [1.82, 2.24) is 0 Å². The number of benzene rings is 1. The molecule has 0 aliphatic carbocycles. The van der Waals surface area contributed by atoms with Gasteiger partial charge in [-0.05, 0) is 11.5 Å². The Morgan fingerprint density at radius 3 is 2.50 bits per heavy atom. The van der Waals surface area contributed by atoms with E-state index in [1.807, 2.05) is 45.0 Å². The number of ether oxygens (including phenoxy) is 1. The van der Waals surface area contributed by atoms with Gasteiger partial charge in [-0.25, -0.2) is 0 Å². The van der Waals surface area contributed by atoms with Crippen molar-refractivity contribution in [3.05, 3.63) is 29.8 Å². The van der Waals surface area contributed by atoms with Crippen LogP contribution in [-0.4, -0.2) is 18.9 Å². The van der Waals surface area contributed by atoms with Crippen molar-refractivity contribution in [1.29, 1.82) is 0 Å². The molecular formula is C15H23NO2. The molecule has 100 valence electrons. The zero-order chi connectivity index (χ0) is 13.8. The summed E-state index contributed by atoms with van der Waals surface area (Å²) in [5.41, 5.74) is 6.90. The molecule has 0 radical (unpaired) electrons. The molecule has 0 spiro atoms. The molecule has 0 amide bonds. The zero-order valence-electron chi connectivity index (χ0n) is 11.7. The van der Waals surface area contributed by atoms with Crippen molar-refractivity contribution >= 4 is 5.78 Å². The summed E-state index contributed by atoms with van der Waals surface area (Å²) >= 11 is 0. The van der Waals surface area contributed by atoms with Crippen molar-refractivity contribution in [3.63, 3.8) is 0 Å². The summed E-state index contributed by atoms with van der Waals surface area (Å²) in [6.45, 7) is 6.15. The fourth-order valence-electron chi connectivity index (χ4n) is 1.69. The maximum atomic E-state index is 12.0. The molecule has 1 unspecified atom stereocenters. The Labute approximate surface area is 109 Å². The first-order chi connectivity index (χ1) is 8.34. The molecule has 1 aromatic rings. The molecule has 2 N–H and O–H groups in total. The molecule has 0 aromatic heterocycles. The molecule has 0 aliphatic heterocycles. The van der Waals surface area contributed by atoms with Gasteiger partial charge in [0.1, 0.15) is 11.5 Å². The summed E-state index contributed by atoms with van der Waals surface area (Å²) in [6, 6.07) is 7.48. The number of nitrogens with two attached hydrogens (primary N) is 1. The van der Waals surface area contributed by atoms with Crippen molar-refractivity contribution in [3.8, 4) is 5.75 Å². The van der Waals surface area contributed by atoms with Gasteiger partial charge in [-0.1, -0.05) is 39.0 Å². The lowest BCUT2D eigenvalue weighted by Crippen LogP contribution is -2.37. The van der Waals surface area contributed by atoms with Crippen LogP contribution in [0.5, 0.6) is 5.75 Å². The van der Waals surface area contributed by atoms with Crippen molar-refractivity contribution < 1.29 is 9.53 Å². The van der Waals surface area contributed by atoms with E-state index >= 15 is 0 Å². The van der Waals surface area contributed by atoms with Gasteiger partial charge in [0.2, 0.25) is 0 Å². The van der Waals surface area contributed by atoms with E-state index in [9.17, 15) is 4.79 Å². The third-order valence-electron chi connectivity index (χ3n) is 3.14. The number of ketones is 1. The smallest absolute Gasteiger partial charge is 0.138 e. The monoisotopic (exact) mass is 249 g/mol. The Balaban J connectivity index is 2.65. The van der Waals surface area contributed by atoms with Gasteiger partial charge < -0.3 is 10.5 Å². The average molecular weight is 249 g/mol. The van der Waals surface area contributed by atoms with Crippen LogP contribution < -0.4 is 10.5 Å². The first kappa shape index (κ1) is 14.7. The largest absolute Gasteiger partial charge is 0.496 e. The van der Waals surface area contributed by atoms with Crippen molar-refractivity contribution in [2.45, 2.75) is 39.7 Å². The molecule has 18 heavy (non-hydrogen) atoms. The number of hydrogen-bond acceptors (Lipinski definition) is 3. The number of hydrogen-bond donors (Lipinski definition) is 1. The Kier molecular flexibility index (Phi) is 4.91. The Morgan fingerprint density at radius 2 is 1.94 bits per heavy atom. The number of para-hydroxylation sites is 1. The summed E-state index contributed by atoms with van der Waals surface area (Å²) in [7, 11) is 1.62. The van der Waals surface area contributed by atoms with E-state index in [-0.39, 0.29) is 17.2 Å². The van der Waals surface area contributed by atoms with Crippen LogP contribution in [0.4, 0.5) is 0 Å². The van der Waals surface area contributed by atoms with Gasteiger partial charge in [0.25, 0.3) is 0 Å². The molecule has 0 fully saturated rings. The molecule has 0 bridgehead atoms. The number of Topliss-reactive ketones (excluding diaryl/α,β-unsaturated/α-hetero) is 1. The van der Waals surface area contributed by atoms with Gasteiger partial charge in [0, 0.05) is 24.4 Å².